The van der Waals surface area contributed by atoms with Crippen molar-refractivity contribution >= 4 is 11.0 Å². The lowest BCUT2D eigenvalue weighted by molar-refractivity contribution is -0.138. The van der Waals surface area contributed by atoms with Gasteiger partial charge in [-0.2, -0.15) is 13.2 Å². The summed E-state index contributed by atoms with van der Waals surface area (Å²) in [4.78, 5) is 7.69. The topological polar surface area (TPSA) is 25.8 Å². The third kappa shape index (κ3) is 1.77. The summed E-state index contributed by atoms with van der Waals surface area (Å²) in [5.41, 5.74) is -0.0184. The van der Waals surface area contributed by atoms with E-state index in [9.17, 15) is 13.2 Å². The molecule has 0 aliphatic carbocycles. The maximum absolute atomic E-state index is 12.5. The van der Waals surface area contributed by atoms with Crippen molar-refractivity contribution in [3.8, 4) is 0 Å². The van der Waals surface area contributed by atoms with Gasteiger partial charge in [0.25, 0.3) is 0 Å². The predicted molar refractivity (Wildman–Crippen MR) is 49.3 cm³/mol. The van der Waals surface area contributed by atoms with E-state index in [0.717, 1.165) is 6.07 Å². The highest BCUT2D eigenvalue weighted by Crippen LogP contribution is 2.32. The van der Waals surface area contributed by atoms with Crippen LogP contribution in [0.3, 0.4) is 0 Å². The van der Waals surface area contributed by atoms with Crippen LogP contribution < -0.4 is 0 Å². The highest BCUT2D eigenvalue weighted by atomic mass is 19.4. The Morgan fingerprint density at radius 3 is 2.60 bits per heavy atom. The summed E-state index contributed by atoms with van der Waals surface area (Å²) in [6.45, 7) is 1.34. The zero-order chi connectivity index (χ0) is 11.1. The Balaban J connectivity index is 2.73. The molecule has 2 aromatic heterocycles. The van der Waals surface area contributed by atoms with Crippen molar-refractivity contribution in [3.05, 3.63) is 35.7 Å². The minimum absolute atomic E-state index is 0.0250. The SMILES string of the molecule is Cc1nc2cccnc2cc1C(F)(F)F. The Bertz CT molecular complexity index is 505. The highest BCUT2D eigenvalue weighted by molar-refractivity contribution is 5.74. The molecule has 0 amide bonds. The Labute approximate surface area is 83.8 Å². The predicted octanol–water partition coefficient (Wildman–Crippen LogP) is 2.96. The van der Waals surface area contributed by atoms with Gasteiger partial charge in [-0.1, -0.05) is 0 Å². The van der Waals surface area contributed by atoms with E-state index in [2.05, 4.69) is 9.97 Å². The first-order valence-corrected chi connectivity index (χ1v) is 4.28. The molecule has 5 heteroatoms. The molecule has 0 saturated heterocycles. The molecule has 0 aliphatic heterocycles. The Morgan fingerprint density at radius 2 is 1.93 bits per heavy atom. The maximum Gasteiger partial charge on any atom is 0.418 e. The first-order chi connectivity index (χ1) is 6.98. The van der Waals surface area contributed by atoms with E-state index in [1.165, 1.54) is 13.1 Å². The van der Waals surface area contributed by atoms with Crippen LogP contribution in [0.1, 0.15) is 11.3 Å². The van der Waals surface area contributed by atoms with Crippen LogP contribution in [0.4, 0.5) is 13.2 Å². The number of aromatic nitrogens is 2. The van der Waals surface area contributed by atoms with Crippen LogP contribution in [0.5, 0.6) is 0 Å². The third-order valence-corrected chi connectivity index (χ3v) is 2.08. The smallest absolute Gasteiger partial charge is 0.255 e. The normalized spacial score (nSPS) is 12.0. The number of hydrogen-bond acceptors (Lipinski definition) is 2. The summed E-state index contributed by atoms with van der Waals surface area (Å²) in [5.74, 6) is 0. The zero-order valence-electron chi connectivity index (χ0n) is 7.84. The van der Waals surface area contributed by atoms with Crippen molar-refractivity contribution in [2.45, 2.75) is 13.1 Å². The Hall–Kier alpha value is -1.65. The van der Waals surface area contributed by atoms with Crippen molar-refractivity contribution in [2.24, 2.45) is 0 Å². The number of fused-ring (bicyclic) bond motifs is 1. The number of aryl methyl sites for hydroxylation is 1. The van der Waals surface area contributed by atoms with Crippen molar-refractivity contribution in [1.29, 1.82) is 0 Å². The number of nitrogens with zero attached hydrogens (tertiary/aromatic N) is 2. The second kappa shape index (κ2) is 3.18. The summed E-state index contributed by atoms with van der Waals surface area (Å²) in [7, 11) is 0. The summed E-state index contributed by atoms with van der Waals surface area (Å²) in [5, 5.41) is 0. The highest BCUT2D eigenvalue weighted by Gasteiger charge is 2.33. The molecular formula is C10H7F3N2. The van der Waals surface area contributed by atoms with Gasteiger partial charge in [-0.15, -0.1) is 0 Å². The minimum Gasteiger partial charge on any atom is -0.255 e. The number of pyridine rings is 2. The molecule has 0 fully saturated rings. The summed E-state index contributed by atoms with van der Waals surface area (Å²) < 4.78 is 37.5. The van der Waals surface area contributed by atoms with Gasteiger partial charge in [-0.3, -0.25) is 9.97 Å². The van der Waals surface area contributed by atoms with Crippen LogP contribution >= 0.6 is 0 Å². The van der Waals surface area contributed by atoms with Crippen LogP contribution in [0.25, 0.3) is 11.0 Å². The Kier molecular flexibility index (Phi) is 2.10. The van der Waals surface area contributed by atoms with Crippen LogP contribution in [0.15, 0.2) is 24.4 Å². The van der Waals surface area contributed by atoms with Crippen molar-refractivity contribution in [1.82, 2.24) is 9.97 Å². The lowest BCUT2D eigenvalue weighted by Crippen LogP contribution is -2.09. The van der Waals surface area contributed by atoms with Gasteiger partial charge in [0, 0.05) is 6.20 Å². The van der Waals surface area contributed by atoms with E-state index in [4.69, 9.17) is 0 Å². The monoisotopic (exact) mass is 212 g/mol. The minimum atomic E-state index is -4.37. The average molecular weight is 212 g/mol. The lowest BCUT2D eigenvalue weighted by Gasteiger charge is -2.09. The molecule has 2 heterocycles. The number of hydrogen-bond donors (Lipinski definition) is 0. The number of halogens is 3. The van der Waals surface area contributed by atoms with Gasteiger partial charge in [0.15, 0.2) is 0 Å². The lowest BCUT2D eigenvalue weighted by atomic mass is 10.1. The molecule has 0 N–H and O–H groups in total. The van der Waals surface area contributed by atoms with E-state index in [0.29, 0.717) is 5.52 Å². The van der Waals surface area contributed by atoms with Gasteiger partial charge >= 0.3 is 6.18 Å². The first kappa shape index (κ1) is 9.89. The molecule has 15 heavy (non-hydrogen) atoms. The molecule has 0 saturated carbocycles. The van der Waals surface area contributed by atoms with Crippen molar-refractivity contribution < 1.29 is 13.2 Å². The second-order valence-corrected chi connectivity index (χ2v) is 3.16. The molecule has 0 atom stereocenters. The van der Waals surface area contributed by atoms with Crippen LogP contribution in [-0.2, 0) is 6.18 Å². The fraction of sp³-hybridized carbons (Fsp3) is 0.200. The molecule has 0 spiro atoms. The van der Waals surface area contributed by atoms with Gasteiger partial charge in [0.2, 0.25) is 0 Å². The molecule has 2 aromatic rings. The number of rotatable bonds is 0. The van der Waals surface area contributed by atoms with E-state index in [-0.39, 0.29) is 11.2 Å². The van der Waals surface area contributed by atoms with Gasteiger partial charge in [-0.05, 0) is 25.1 Å². The fourth-order valence-electron chi connectivity index (χ4n) is 1.38. The van der Waals surface area contributed by atoms with Crippen LogP contribution in [0, 0.1) is 6.92 Å². The molecule has 0 bridgehead atoms. The van der Waals surface area contributed by atoms with E-state index in [1.807, 2.05) is 0 Å². The molecule has 0 radical (unpaired) electrons. The zero-order valence-corrected chi connectivity index (χ0v) is 7.84. The van der Waals surface area contributed by atoms with Gasteiger partial charge < -0.3 is 0 Å². The van der Waals surface area contributed by atoms with Gasteiger partial charge in [-0.25, -0.2) is 0 Å². The molecule has 0 aromatic carbocycles. The van der Waals surface area contributed by atoms with E-state index >= 15 is 0 Å². The van der Waals surface area contributed by atoms with Crippen molar-refractivity contribution in [3.63, 3.8) is 0 Å². The second-order valence-electron chi connectivity index (χ2n) is 3.16. The summed E-state index contributed by atoms with van der Waals surface area (Å²) in [6, 6.07) is 4.30. The molecule has 0 aliphatic rings. The molecule has 2 rings (SSSR count). The first-order valence-electron chi connectivity index (χ1n) is 4.28. The Morgan fingerprint density at radius 1 is 1.20 bits per heavy atom. The fourth-order valence-corrected chi connectivity index (χ4v) is 1.38. The molecular weight excluding hydrogens is 205 g/mol. The van der Waals surface area contributed by atoms with Crippen LogP contribution in [-0.4, -0.2) is 9.97 Å². The standard InChI is InChI=1S/C10H7F3N2/c1-6-7(10(11,12)13)5-9-8(15-6)3-2-4-14-9/h2-5H,1H3. The number of alkyl halides is 3. The van der Waals surface area contributed by atoms with Crippen molar-refractivity contribution in [2.75, 3.05) is 0 Å². The largest absolute Gasteiger partial charge is 0.418 e. The maximum atomic E-state index is 12.5. The van der Waals surface area contributed by atoms with E-state index in [1.54, 1.807) is 12.1 Å². The molecule has 2 nitrogen and oxygen atoms in total. The van der Waals surface area contributed by atoms with Gasteiger partial charge in [0.05, 0.1) is 22.3 Å². The molecule has 78 valence electrons. The summed E-state index contributed by atoms with van der Waals surface area (Å²) >= 11 is 0. The van der Waals surface area contributed by atoms with Gasteiger partial charge in [0.1, 0.15) is 0 Å². The third-order valence-electron chi connectivity index (χ3n) is 2.08. The molecule has 0 unspecified atom stereocenters. The van der Waals surface area contributed by atoms with Crippen LogP contribution in [0.2, 0.25) is 0 Å². The quantitative estimate of drug-likeness (QED) is 0.670. The average Bonchev–Trinajstić information content (AvgIpc) is 2.15. The van der Waals surface area contributed by atoms with E-state index < -0.39 is 11.7 Å². The summed E-state index contributed by atoms with van der Waals surface area (Å²) in [6.07, 6.45) is -2.93.